The monoisotopic (exact) mass is 122 g/mol. The fourth-order valence-electron chi connectivity index (χ4n) is 0. The van der Waals surface area contributed by atoms with Crippen LogP contribution < -0.4 is 0 Å². The van der Waals surface area contributed by atoms with Gasteiger partial charge in [-0.2, -0.15) is 0 Å². The maximum Gasteiger partial charge on any atom is 4.00 e. The molecule has 0 spiro atoms. The summed E-state index contributed by atoms with van der Waals surface area (Å²) in [7, 11) is -4.64. The quantitative estimate of drug-likeness (QED) is 0.369. The summed E-state index contributed by atoms with van der Waals surface area (Å²) in [5.41, 5.74) is 0. The van der Waals surface area contributed by atoms with Gasteiger partial charge in [-0.3, -0.25) is 0 Å². The molecule has 0 heterocycles. The average molecular weight is 122 g/mol. The van der Waals surface area contributed by atoms with Gasteiger partial charge in [0.05, 0.1) is 0 Å². The molecule has 7 heavy (non-hydrogen) atoms. The minimum Gasteiger partial charge on any atom is -0.303 e. The number of rotatable bonds is 0. The molecule has 0 radical (unpaired) electrons. The van der Waals surface area contributed by atoms with Gasteiger partial charge in [-0.25, -0.2) is 4.57 Å². The predicted molar refractivity (Wildman–Crippen MR) is 20.7 cm³/mol. The molecule has 0 aliphatic carbocycles. The molecule has 0 aromatic rings. The minimum atomic E-state index is -4.64. The molecule has 0 aliphatic heterocycles. The van der Waals surface area contributed by atoms with E-state index in [0.717, 1.165) is 0 Å². The van der Waals surface area contributed by atoms with Crippen LogP contribution in [0.3, 0.4) is 0 Å². The van der Waals surface area contributed by atoms with E-state index in [-0.39, 0.29) is 14.9 Å². The third-order valence-corrected chi connectivity index (χ3v) is 0. The molecule has 0 aromatic heterocycles. The van der Waals surface area contributed by atoms with Crippen molar-refractivity contribution >= 4 is 7.82 Å². The van der Waals surface area contributed by atoms with Gasteiger partial charge in [-0.15, -0.1) is 0 Å². The van der Waals surface area contributed by atoms with Crippen LogP contribution in [0.4, 0.5) is 0 Å². The van der Waals surface area contributed by atoms with E-state index in [1.165, 1.54) is 0 Å². The Morgan fingerprint density at radius 1 is 1.00 bits per heavy atom. The second-order valence-electron chi connectivity index (χ2n) is 0.513. The largest absolute Gasteiger partial charge is 4.00 e. The maximum atomic E-state index is 8.88. The third kappa shape index (κ3) is 8530. The fourth-order valence-corrected chi connectivity index (χ4v) is 0. The summed E-state index contributed by atoms with van der Waals surface area (Å²) in [6.07, 6.45) is 0. The average Bonchev–Trinajstić information content (AvgIpc) is 0.722. The Balaban J connectivity index is -0.0000000800. The van der Waals surface area contributed by atoms with Gasteiger partial charge < -0.3 is 14.7 Å². The van der Waals surface area contributed by atoms with Gasteiger partial charge in [0.15, 0.2) is 0 Å². The van der Waals surface area contributed by atoms with Crippen LogP contribution in [-0.4, -0.2) is 14.7 Å². The molecule has 0 bridgehead atoms. The van der Waals surface area contributed by atoms with Crippen molar-refractivity contribution in [1.29, 1.82) is 0 Å². The van der Waals surface area contributed by atoms with Crippen molar-refractivity contribution in [2.24, 2.45) is 0 Å². The van der Waals surface area contributed by atoms with Gasteiger partial charge in [0.25, 0.3) is 0 Å². The summed E-state index contributed by atoms with van der Waals surface area (Å²) in [6.45, 7) is 0. The van der Waals surface area contributed by atoms with Crippen LogP contribution in [0.1, 0.15) is 0 Å². The molecule has 0 aromatic carbocycles. The van der Waals surface area contributed by atoms with E-state index >= 15 is 0 Å². The van der Waals surface area contributed by atoms with Crippen molar-refractivity contribution in [1.82, 2.24) is 0 Å². The number of hydrogen-bond donors (Lipinski definition) is 3. The Hall–Kier alpha value is 0.110. The standard InChI is InChI=1S/2C.H3O4P/c;;1-5(2,3)4/h;;(H3,1,2,3,4)/q2*+4;. The second-order valence-corrected chi connectivity index (χ2v) is 1.54. The molecule has 0 rings (SSSR count). The molecule has 0 fully saturated rings. The van der Waals surface area contributed by atoms with Crippen LogP contribution in [0, 0.1) is 14.9 Å². The summed E-state index contributed by atoms with van der Waals surface area (Å²) >= 11 is 0. The molecule has 0 atom stereocenters. The maximum absolute atomic E-state index is 8.88. The van der Waals surface area contributed by atoms with Gasteiger partial charge in [0.1, 0.15) is 0 Å². The molecule has 0 amide bonds. The number of hydrogen-bond acceptors (Lipinski definition) is 1. The van der Waals surface area contributed by atoms with E-state index in [2.05, 4.69) is 0 Å². The smallest absolute Gasteiger partial charge is 0.303 e. The molecule has 5 heteroatoms. The first-order valence-electron chi connectivity index (χ1n) is 0.783. The van der Waals surface area contributed by atoms with Crippen LogP contribution in [0.25, 0.3) is 0 Å². The molecule has 0 aliphatic rings. The first-order valence-corrected chi connectivity index (χ1v) is 2.35. The van der Waals surface area contributed by atoms with Crippen molar-refractivity contribution in [3.63, 3.8) is 0 Å². The minimum absolute atomic E-state index is 0. The molecule has 32 valence electrons. The normalized spacial score (nSPS) is 8.43. The summed E-state index contributed by atoms with van der Waals surface area (Å²) in [4.78, 5) is 21.6. The van der Waals surface area contributed by atoms with Gasteiger partial charge in [-0.1, -0.05) is 0 Å². The van der Waals surface area contributed by atoms with E-state index in [0.29, 0.717) is 0 Å². The fraction of sp³-hybridized carbons (Fsp3) is 0. The van der Waals surface area contributed by atoms with Crippen molar-refractivity contribution in [2.45, 2.75) is 0 Å². The zero-order valence-electron chi connectivity index (χ0n) is 3.20. The van der Waals surface area contributed by atoms with Crippen LogP contribution in [0.5, 0.6) is 0 Å². The van der Waals surface area contributed by atoms with E-state index < -0.39 is 7.82 Å². The molecule has 0 saturated heterocycles. The summed E-state index contributed by atoms with van der Waals surface area (Å²) < 4.78 is 8.88. The third-order valence-electron chi connectivity index (χ3n) is 0. The van der Waals surface area contributed by atoms with Gasteiger partial charge in [0, 0.05) is 0 Å². The molecular weight excluding hydrogens is 119 g/mol. The summed E-state index contributed by atoms with van der Waals surface area (Å²) in [6, 6.07) is 0. The van der Waals surface area contributed by atoms with E-state index in [9.17, 15) is 0 Å². The van der Waals surface area contributed by atoms with Crippen molar-refractivity contribution in [3.8, 4) is 0 Å². The Labute approximate surface area is 43.0 Å². The zero-order chi connectivity index (χ0) is 4.50. The van der Waals surface area contributed by atoms with Gasteiger partial charge >= 0.3 is 22.7 Å². The SMILES string of the molecule is O=P(O)(O)O.[C+4].[C+4]. The topological polar surface area (TPSA) is 77.8 Å². The Kier molecular flexibility index (Phi) is 9.59. The number of phosphoric acid groups is 1. The van der Waals surface area contributed by atoms with Crippen LogP contribution in [0.2, 0.25) is 0 Å². The molecule has 3 N–H and O–H groups in total. The van der Waals surface area contributed by atoms with Gasteiger partial charge in [0.2, 0.25) is 0 Å². The van der Waals surface area contributed by atoms with Crippen LogP contribution in [-0.2, 0) is 4.57 Å². The Bertz CT molecular complexity index is 55.8. The molecule has 0 saturated carbocycles. The van der Waals surface area contributed by atoms with Crippen molar-refractivity contribution in [3.05, 3.63) is 14.9 Å². The first-order chi connectivity index (χ1) is 2.00. The molecular formula is C2H3O4P+8. The van der Waals surface area contributed by atoms with Gasteiger partial charge in [-0.05, 0) is 0 Å². The zero-order valence-corrected chi connectivity index (χ0v) is 4.09. The second kappa shape index (κ2) is 4.27. The first kappa shape index (κ1) is 15.7. The van der Waals surface area contributed by atoms with Crippen LogP contribution >= 0.6 is 7.82 Å². The van der Waals surface area contributed by atoms with E-state index in [1.54, 1.807) is 0 Å². The predicted octanol–water partition coefficient (Wildman–Crippen LogP) is -0.766. The van der Waals surface area contributed by atoms with Crippen LogP contribution in [0.15, 0.2) is 0 Å². The van der Waals surface area contributed by atoms with E-state index in [1.807, 2.05) is 0 Å². The van der Waals surface area contributed by atoms with Crippen molar-refractivity contribution < 1.29 is 19.2 Å². The molecule has 0 unspecified atom stereocenters. The summed E-state index contributed by atoms with van der Waals surface area (Å²) in [5, 5.41) is 0. The Morgan fingerprint density at radius 2 is 1.00 bits per heavy atom. The van der Waals surface area contributed by atoms with Crippen molar-refractivity contribution in [2.75, 3.05) is 0 Å². The summed E-state index contributed by atoms with van der Waals surface area (Å²) in [5.74, 6) is 0. The van der Waals surface area contributed by atoms with E-state index in [4.69, 9.17) is 19.2 Å². The molecule has 4 nitrogen and oxygen atoms in total. The Morgan fingerprint density at radius 3 is 1.00 bits per heavy atom.